The third-order valence-electron chi connectivity index (χ3n) is 2.83. The first-order valence-electron chi connectivity index (χ1n) is 5.79. The molecule has 0 amide bonds. The smallest absolute Gasteiger partial charge is 0.125 e. The molecule has 3 heteroatoms. The molecule has 1 atom stereocenters. The lowest BCUT2D eigenvalue weighted by atomic mass is 10.1. The fraction of sp³-hybridized carbons (Fsp3) is 0.538. The van der Waals surface area contributed by atoms with Crippen molar-refractivity contribution in [1.82, 2.24) is 0 Å². The third kappa shape index (κ3) is 2.92. The van der Waals surface area contributed by atoms with Crippen molar-refractivity contribution in [2.24, 2.45) is 0 Å². The van der Waals surface area contributed by atoms with E-state index in [1.54, 1.807) is 6.92 Å². The summed E-state index contributed by atoms with van der Waals surface area (Å²) in [6.07, 6.45) is 2.08. The summed E-state index contributed by atoms with van der Waals surface area (Å²) in [5.41, 5.74) is 0.890. The molecule has 1 fully saturated rings. The number of para-hydroxylation sites is 1. The lowest BCUT2D eigenvalue weighted by molar-refractivity contribution is 0.166. The van der Waals surface area contributed by atoms with Gasteiger partial charge in [0, 0.05) is 5.56 Å². The summed E-state index contributed by atoms with van der Waals surface area (Å²) in [5, 5.41) is 9.65. The lowest BCUT2D eigenvalue weighted by Crippen LogP contribution is -2.22. The topological polar surface area (TPSA) is 29.5 Å². The second kappa shape index (κ2) is 5.60. The van der Waals surface area contributed by atoms with Crippen LogP contribution in [0.5, 0.6) is 5.75 Å². The molecule has 88 valence electrons. The largest absolute Gasteiger partial charge is 0.490 e. The van der Waals surface area contributed by atoms with Crippen molar-refractivity contribution in [3.8, 4) is 5.75 Å². The summed E-state index contributed by atoms with van der Waals surface area (Å²) in [6, 6.07) is 7.77. The van der Waals surface area contributed by atoms with Crippen molar-refractivity contribution >= 4 is 11.8 Å². The highest BCUT2D eigenvalue weighted by atomic mass is 32.2. The van der Waals surface area contributed by atoms with Gasteiger partial charge in [0.1, 0.15) is 11.9 Å². The van der Waals surface area contributed by atoms with Gasteiger partial charge in [0.2, 0.25) is 0 Å². The van der Waals surface area contributed by atoms with Gasteiger partial charge in [-0.3, -0.25) is 0 Å². The molecule has 0 saturated carbocycles. The fourth-order valence-electron chi connectivity index (χ4n) is 1.91. The molecule has 1 aromatic carbocycles. The SMILES string of the molecule is CC(O)c1ccccc1OC1CCSCC1. The van der Waals surface area contributed by atoms with Gasteiger partial charge in [0.25, 0.3) is 0 Å². The summed E-state index contributed by atoms with van der Waals surface area (Å²) >= 11 is 1.99. The van der Waals surface area contributed by atoms with E-state index in [2.05, 4.69) is 0 Å². The minimum Gasteiger partial charge on any atom is -0.490 e. The normalized spacial score (nSPS) is 19.4. The Morgan fingerprint density at radius 2 is 2.00 bits per heavy atom. The molecule has 0 radical (unpaired) electrons. The van der Waals surface area contributed by atoms with Crippen LogP contribution in [0.15, 0.2) is 24.3 Å². The number of ether oxygens (including phenoxy) is 1. The van der Waals surface area contributed by atoms with E-state index in [1.807, 2.05) is 36.0 Å². The summed E-state index contributed by atoms with van der Waals surface area (Å²) in [7, 11) is 0. The van der Waals surface area contributed by atoms with Gasteiger partial charge in [0.15, 0.2) is 0 Å². The van der Waals surface area contributed by atoms with E-state index >= 15 is 0 Å². The zero-order valence-corrected chi connectivity index (χ0v) is 10.4. The quantitative estimate of drug-likeness (QED) is 0.877. The Morgan fingerprint density at radius 1 is 1.31 bits per heavy atom. The van der Waals surface area contributed by atoms with Crippen molar-refractivity contribution < 1.29 is 9.84 Å². The third-order valence-corrected chi connectivity index (χ3v) is 3.88. The molecule has 1 N–H and O–H groups in total. The van der Waals surface area contributed by atoms with Crippen LogP contribution in [0, 0.1) is 0 Å². The zero-order chi connectivity index (χ0) is 11.4. The second-order valence-corrected chi connectivity index (χ2v) is 5.37. The summed E-state index contributed by atoms with van der Waals surface area (Å²) in [4.78, 5) is 0. The summed E-state index contributed by atoms with van der Waals surface area (Å²) in [6.45, 7) is 1.78. The van der Waals surface area contributed by atoms with E-state index in [0.717, 1.165) is 24.2 Å². The minimum absolute atomic E-state index is 0.321. The lowest BCUT2D eigenvalue weighted by Gasteiger charge is -2.24. The molecule has 0 aliphatic carbocycles. The Balaban J connectivity index is 2.07. The van der Waals surface area contributed by atoms with Crippen molar-refractivity contribution in [3.05, 3.63) is 29.8 Å². The molecule has 2 rings (SSSR count). The van der Waals surface area contributed by atoms with E-state index in [9.17, 15) is 5.11 Å². The molecule has 1 aromatic rings. The molecule has 16 heavy (non-hydrogen) atoms. The first-order valence-corrected chi connectivity index (χ1v) is 6.94. The fourth-order valence-corrected chi connectivity index (χ4v) is 2.97. The second-order valence-electron chi connectivity index (χ2n) is 4.14. The molecular formula is C13H18O2S. The zero-order valence-electron chi connectivity index (χ0n) is 9.56. The maximum atomic E-state index is 9.65. The number of rotatable bonds is 3. The van der Waals surface area contributed by atoms with Gasteiger partial charge in [-0.05, 0) is 37.3 Å². The van der Waals surface area contributed by atoms with Crippen LogP contribution in [0.2, 0.25) is 0 Å². The molecular weight excluding hydrogens is 220 g/mol. The highest BCUT2D eigenvalue weighted by Crippen LogP contribution is 2.28. The van der Waals surface area contributed by atoms with E-state index in [1.165, 1.54) is 11.5 Å². The average molecular weight is 238 g/mol. The Morgan fingerprint density at radius 3 is 2.69 bits per heavy atom. The van der Waals surface area contributed by atoms with Gasteiger partial charge in [-0.25, -0.2) is 0 Å². The van der Waals surface area contributed by atoms with Crippen molar-refractivity contribution in [1.29, 1.82) is 0 Å². The molecule has 1 aliphatic heterocycles. The molecule has 2 nitrogen and oxygen atoms in total. The van der Waals surface area contributed by atoms with Crippen molar-refractivity contribution in [3.63, 3.8) is 0 Å². The predicted octanol–water partition coefficient (Wildman–Crippen LogP) is 3.01. The van der Waals surface area contributed by atoms with Gasteiger partial charge in [-0.1, -0.05) is 18.2 Å². The standard InChI is InChI=1S/C13H18O2S/c1-10(14)12-4-2-3-5-13(12)15-11-6-8-16-9-7-11/h2-5,10-11,14H,6-9H2,1H3. The van der Waals surface area contributed by atoms with Crippen LogP contribution in [0.3, 0.4) is 0 Å². The number of aliphatic hydroxyl groups is 1. The van der Waals surface area contributed by atoms with Gasteiger partial charge in [-0.15, -0.1) is 0 Å². The Hall–Kier alpha value is -0.670. The Kier molecular flexibility index (Phi) is 4.13. The maximum absolute atomic E-state index is 9.65. The van der Waals surface area contributed by atoms with Crippen LogP contribution < -0.4 is 4.74 Å². The highest BCUT2D eigenvalue weighted by molar-refractivity contribution is 7.99. The van der Waals surface area contributed by atoms with Crippen LogP contribution in [-0.2, 0) is 0 Å². The molecule has 1 saturated heterocycles. The van der Waals surface area contributed by atoms with E-state index < -0.39 is 6.10 Å². The molecule has 1 unspecified atom stereocenters. The van der Waals surface area contributed by atoms with Crippen LogP contribution in [-0.4, -0.2) is 22.7 Å². The van der Waals surface area contributed by atoms with Crippen LogP contribution in [0.25, 0.3) is 0 Å². The molecule has 1 aliphatic rings. The monoisotopic (exact) mass is 238 g/mol. The molecule has 0 aromatic heterocycles. The predicted molar refractivity (Wildman–Crippen MR) is 68.1 cm³/mol. The Labute approximate surface area is 101 Å². The van der Waals surface area contributed by atoms with E-state index in [-0.39, 0.29) is 0 Å². The van der Waals surface area contributed by atoms with Crippen LogP contribution in [0.4, 0.5) is 0 Å². The summed E-state index contributed by atoms with van der Waals surface area (Å²) < 4.78 is 5.97. The molecule has 0 spiro atoms. The molecule has 1 heterocycles. The number of hydrogen-bond acceptors (Lipinski definition) is 3. The van der Waals surface area contributed by atoms with Gasteiger partial charge in [0.05, 0.1) is 6.10 Å². The van der Waals surface area contributed by atoms with Gasteiger partial charge < -0.3 is 9.84 Å². The maximum Gasteiger partial charge on any atom is 0.125 e. The highest BCUT2D eigenvalue weighted by Gasteiger charge is 2.17. The Bertz CT molecular complexity index is 332. The van der Waals surface area contributed by atoms with Crippen LogP contribution in [0.1, 0.15) is 31.4 Å². The van der Waals surface area contributed by atoms with E-state index in [0.29, 0.717) is 6.10 Å². The van der Waals surface area contributed by atoms with Gasteiger partial charge in [-0.2, -0.15) is 11.8 Å². The van der Waals surface area contributed by atoms with Gasteiger partial charge >= 0.3 is 0 Å². The van der Waals surface area contributed by atoms with E-state index in [4.69, 9.17) is 4.74 Å². The number of hydrogen-bond donors (Lipinski definition) is 1. The first-order chi connectivity index (χ1) is 7.77. The first kappa shape index (κ1) is 11.8. The van der Waals surface area contributed by atoms with Crippen LogP contribution >= 0.6 is 11.8 Å². The number of benzene rings is 1. The molecule has 0 bridgehead atoms. The number of thioether (sulfide) groups is 1. The van der Waals surface area contributed by atoms with Crippen molar-refractivity contribution in [2.75, 3.05) is 11.5 Å². The summed E-state index contributed by atoms with van der Waals surface area (Å²) in [5.74, 6) is 3.21. The minimum atomic E-state index is -0.464. The average Bonchev–Trinajstić information content (AvgIpc) is 2.31. The number of aliphatic hydroxyl groups excluding tert-OH is 1. The van der Waals surface area contributed by atoms with Crippen molar-refractivity contribution in [2.45, 2.75) is 32.0 Å².